The normalized spacial score (nSPS) is 14.5. The molecule has 8 heteroatoms. The number of carbonyl (C=O) groups excluding carboxylic acids is 1. The van der Waals surface area contributed by atoms with E-state index in [1.807, 2.05) is 24.3 Å². The number of hydrogen-bond acceptors (Lipinski definition) is 7. The van der Waals surface area contributed by atoms with Crippen molar-refractivity contribution < 1.29 is 23.4 Å². The zero-order valence-corrected chi connectivity index (χ0v) is 21.7. The lowest BCUT2D eigenvalue weighted by atomic mass is 9.83. The van der Waals surface area contributed by atoms with Gasteiger partial charge < -0.3 is 24.4 Å². The standard InChI is InChI=1S/C30H25ClN2O5/c1-3-4-12-35-20-7-5-6-18(13-20)27-22-10-9-21(15-26(22)38-29(33)24(27)16-32)36-30(34)28-17(2)23-14-19(31)8-11-25(23)37-28/h5-11,13-15,27H,3-4,12,33H2,1-2H3. The van der Waals surface area contributed by atoms with Crippen molar-refractivity contribution in [1.82, 2.24) is 0 Å². The molecule has 0 aliphatic carbocycles. The molecule has 5 rings (SSSR count). The Morgan fingerprint density at radius 3 is 2.76 bits per heavy atom. The molecule has 0 fully saturated rings. The van der Waals surface area contributed by atoms with Gasteiger partial charge in [0.25, 0.3) is 0 Å². The average molecular weight is 529 g/mol. The number of nitrogens with two attached hydrogens (primary N) is 1. The highest BCUT2D eigenvalue weighted by Gasteiger charge is 2.31. The molecule has 1 aromatic heterocycles. The van der Waals surface area contributed by atoms with E-state index in [4.69, 9.17) is 36.0 Å². The van der Waals surface area contributed by atoms with Crippen LogP contribution in [0.1, 0.15) is 52.9 Å². The Hall–Kier alpha value is -4.41. The molecule has 0 radical (unpaired) electrons. The largest absolute Gasteiger partial charge is 0.494 e. The number of fused-ring (bicyclic) bond motifs is 2. The summed E-state index contributed by atoms with van der Waals surface area (Å²) in [6.45, 7) is 4.49. The third kappa shape index (κ3) is 4.79. The Bertz CT molecular complexity index is 1610. The molecule has 0 amide bonds. The van der Waals surface area contributed by atoms with E-state index in [0.29, 0.717) is 39.8 Å². The number of nitriles is 1. The van der Waals surface area contributed by atoms with Crippen LogP contribution in [0.3, 0.4) is 0 Å². The minimum absolute atomic E-state index is 0.00390. The van der Waals surface area contributed by atoms with E-state index in [2.05, 4.69) is 13.0 Å². The quantitative estimate of drug-likeness (QED) is 0.156. The van der Waals surface area contributed by atoms with Crippen molar-refractivity contribution in [2.45, 2.75) is 32.6 Å². The van der Waals surface area contributed by atoms with Crippen molar-refractivity contribution in [3.63, 3.8) is 0 Å². The molecule has 1 aliphatic rings. The van der Waals surface area contributed by atoms with Gasteiger partial charge in [-0.2, -0.15) is 5.26 Å². The summed E-state index contributed by atoms with van der Waals surface area (Å²) >= 11 is 6.09. The number of esters is 1. The molecule has 1 atom stereocenters. The molecule has 192 valence electrons. The number of hydrogen-bond donors (Lipinski definition) is 1. The van der Waals surface area contributed by atoms with Gasteiger partial charge in [0.1, 0.15) is 34.5 Å². The summed E-state index contributed by atoms with van der Waals surface area (Å²) in [4.78, 5) is 13.0. The first-order valence-electron chi connectivity index (χ1n) is 12.2. The van der Waals surface area contributed by atoms with Gasteiger partial charge in [0.2, 0.25) is 11.6 Å². The van der Waals surface area contributed by atoms with Crippen LogP contribution in [0.2, 0.25) is 5.02 Å². The minimum atomic E-state index is -0.653. The predicted octanol–water partition coefficient (Wildman–Crippen LogP) is 7.01. The molecule has 0 bridgehead atoms. The third-order valence-electron chi connectivity index (χ3n) is 6.44. The van der Waals surface area contributed by atoms with E-state index >= 15 is 0 Å². The maximum Gasteiger partial charge on any atom is 0.379 e. The lowest BCUT2D eigenvalue weighted by Crippen LogP contribution is -2.21. The smallest absolute Gasteiger partial charge is 0.379 e. The molecule has 0 saturated carbocycles. The van der Waals surface area contributed by atoms with Gasteiger partial charge in [-0.05, 0) is 55.3 Å². The molecule has 1 unspecified atom stereocenters. The summed E-state index contributed by atoms with van der Waals surface area (Å²) in [7, 11) is 0. The second-order valence-corrected chi connectivity index (χ2v) is 9.42. The summed E-state index contributed by atoms with van der Waals surface area (Å²) in [6, 6.07) is 19.9. The predicted molar refractivity (Wildman–Crippen MR) is 144 cm³/mol. The highest BCUT2D eigenvalue weighted by atomic mass is 35.5. The fourth-order valence-corrected chi connectivity index (χ4v) is 4.67. The van der Waals surface area contributed by atoms with Gasteiger partial charge in [0.05, 0.1) is 12.5 Å². The number of carbonyl (C=O) groups is 1. The van der Waals surface area contributed by atoms with E-state index in [1.54, 1.807) is 43.3 Å². The van der Waals surface area contributed by atoms with Crippen LogP contribution in [0.5, 0.6) is 17.2 Å². The number of unbranched alkanes of at least 4 members (excludes halogenated alkanes) is 1. The van der Waals surface area contributed by atoms with Gasteiger partial charge in [0, 0.05) is 27.6 Å². The average Bonchev–Trinajstić information content (AvgIpc) is 3.23. The maximum atomic E-state index is 13.0. The molecule has 0 saturated heterocycles. The molecule has 3 aromatic carbocycles. The van der Waals surface area contributed by atoms with Crippen molar-refractivity contribution in [3.8, 4) is 23.3 Å². The van der Waals surface area contributed by atoms with Crippen LogP contribution >= 0.6 is 11.6 Å². The Balaban J connectivity index is 1.45. The zero-order chi connectivity index (χ0) is 26.8. The number of ether oxygens (including phenoxy) is 3. The summed E-state index contributed by atoms with van der Waals surface area (Å²) < 4.78 is 23.0. The van der Waals surface area contributed by atoms with E-state index in [0.717, 1.165) is 29.4 Å². The SMILES string of the molecule is CCCCOc1cccc(C2C(C#N)=C(N)Oc3cc(OC(=O)c4oc5ccc(Cl)cc5c4C)ccc32)c1. The number of rotatable bonds is 7. The number of furan rings is 1. The molecule has 0 spiro atoms. The number of benzene rings is 3. The van der Waals surface area contributed by atoms with Crippen molar-refractivity contribution in [1.29, 1.82) is 5.26 Å². The molecule has 1 aliphatic heterocycles. The van der Waals surface area contributed by atoms with Gasteiger partial charge >= 0.3 is 5.97 Å². The number of aryl methyl sites for hydroxylation is 1. The Labute approximate surface area is 225 Å². The first kappa shape index (κ1) is 25.2. The van der Waals surface area contributed by atoms with Crippen molar-refractivity contribution >= 4 is 28.5 Å². The highest BCUT2D eigenvalue weighted by molar-refractivity contribution is 6.31. The number of halogens is 1. The van der Waals surface area contributed by atoms with E-state index in [1.165, 1.54) is 0 Å². The van der Waals surface area contributed by atoms with Gasteiger partial charge in [-0.25, -0.2) is 4.79 Å². The van der Waals surface area contributed by atoms with Crippen molar-refractivity contribution in [2.75, 3.05) is 6.61 Å². The van der Waals surface area contributed by atoms with Crippen LogP contribution in [0, 0.1) is 18.3 Å². The summed E-state index contributed by atoms with van der Waals surface area (Å²) in [5.41, 5.74) is 9.18. The molecule has 2 N–H and O–H groups in total. The van der Waals surface area contributed by atoms with Crippen LogP contribution < -0.4 is 19.9 Å². The Kier molecular flexibility index (Phi) is 6.99. The molecule has 4 aromatic rings. The third-order valence-corrected chi connectivity index (χ3v) is 6.68. The van der Waals surface area contributed by atoms with Gasteiger partial charge in [0.15, 0.2) is 0 Å². The zero-order valence-electron chi connectivity index (χ0n) is 20.9. The number of allylic oxidation sites excluding steroid dienone is 1. The summed E-state index contributed by atoms with van der Waals surface area (Å²) in [5, 5.41) is 11.2. The Morgan fingerprint density at radius 2 is 1.97 bits per heavy atom. The minimum Gasteiger partial charge on any atom is -0.494 e. The van der Waals surface area contributed by atoms with E-state index in [-0.39, 0.29) is 17.4 Å². The summed E-state index contributed by atoms with van der Waals surface area (Å²) in [6.07, 6.45) is 1.98. The van der Waals surface area contributed by atoms with Crippen molar-refractivity contribution in [3.05, 3.63) is 99.6 Å². The summed E-state index contributed by atoms with van der Waals surface area (Å²) in [5.74, 6) is 0.317. The van der Waals surface area contributed by atoms with Crippen LogP contribution in [0.15, 0.2) is 76.5 Å². The molecule has 2 heterocycles. The van der Waals surface area contributed by atoms with Gasteiger partial charge in [-0.3, -0.25) is 0 Å². The van der Waals surface area contributed by atoms with Crippen molar-refractivity contribution in [2.24, 2.45) is 5.73 Å². The lowest BCUT2D eigenvalue weighted by Gasteiger charge is -2.27. The fraction of sp³-hybridized carbons (Fsp3) is 0.200. The van der Waals surface area contributed by atoms with Crippen LogP contribution in [0.25, 0.3) is 11.0 Å². The second-order valence-electron chi connectivity index (χ2n) is 8.99. The Morgan fingerprint density at radius 1 is 1.13 bits per heavy atom. The van der Waals surface area contributed by atoms with Gasteiger partial charge in [-0.15, -0.1) is 0 Å². The topological polar surface area (TPSA) is 108 Å². The monoisotopic (exact) mass is 528 g/mol. The van der Waals surface area contributed by atoms with E-state index < -0.39 is 11.9 Å². The second kappa shape index (κ2) is 10.5. The van der Waals surface area contributed by atoms with Gasteiger partial charge in [-0.1, -0.05) is 43.1 Å². The molecular weight excluding hydrogens is 504 g/mol. The van der Waals surface area contributed by atoms with E-state index in [9.17, 15) is 10.1 Å². The molecule has 7 nitrogen and oxygen atoms in total. The first-order valence-corrected chi connectivity index (χ1v) is 12.6. The lowest BCUT2D eigenvalue weighted by molar-refractivity contribution is 0.0702. The van der Waals surface area contributed by atoms with Crippen LogP contribution in [-0.4, -0.2) is 12.6 Å². The highest BCUT2D eigenvalue weighted by Crippen LogP contribution is 2.44. The first-order chi connectivity index (χ1) is 18.4. The number of nitrogens with zero attached hydrogens (tertiary/aromatic N) is 1. The van der Waals surface area contributed by atoms with Crippen LogP contribution in [0.4, 0.5) is 0 Å². The molecular formula is C30H25ClN2O5. The molecule has 38 heavy (non-hydrogen) atoms. The maximum absolute atomic E-state index is 13.0. The fourth-order valence-electron chi connectivity index (χ4n) is 4.50. The van der Waals surface area contributed by atoms with Crippen LogP contribution in [-0.2, 0) is 0 Å².